The van der Waals surface area contributed by atoms with Gasteiger partial charge in [0.25, 0.3) is 0 Å². The fourth-order valence-electron chi connectivity index (χ4n) is 2.65. The van der Waals surface area contributed by atoms with Gasteiger partial charge in [0.1, 0.15) is 11.9 Å². The number of hydrogen-bond donors (Lipinski definition) is 3. The maximum atomic E-state index is 12.2. The number of urea groups is 1. The van der Waals surface area contributed by atoms with E-state index in [0.29, 0.717) is 11.3 Å². The molecule has 1 unspecified atom stereocenters. The van der Waals surface area contributed by atoms with Crippen LogP contribution in [0.1, 0.15) is 67.2 Å². The van der Waals surface area contributed by atoms with Crippen LogP contribution < -0.4 is 16.1 Å². The Morgan fingerprint density at radius 3 is 2.28 bits per heavy atom. The summed E-state index contributed by atoms with van der Waals surface area (Å²) in [6.07, 6.45) is 4.91. The van der Waals surface area contributed by atoms with E-state index in [1.54, 1.807) is 36.7 Å². The minimum atomic E-state index is -0.398. The van der Waals surface area contributed by atoms with E-state index < -0.39 is 6.17 Å². The van der Waals surface area contributed by atoms with E-state index in [2.05, 4.69) is 21.1 Å². The Kier molecular flexibility index (Phi) is 11.1. The van der Waals surface area contributed by atoms with Crippen molar-refractivity contribution in [2.45, 2.75) is 61.1 Å². The first-order valence-electron chi connectivity index (χ1n) is 11.1. The summed E-state index contributed by atoms with van der Waals surface area (Å²) in [7, 11) is 0. The van der Waals surface area contributed by atoms with E-state index in [1.807, 2.05) is 66.7 Å². The highest BCUT2D eigenvalue weighted by atomic mass is 16.7. The molecule has 178 valence electrons. The van der Waals surface area contributed by atoms with Gasteiger partial charge in [-0.25, -0.2) is 4.79 Å². The number of carbonyl (C=O) groups excluding carboxylic acids is 2. The molecule has 0 saturated carbocycles. The Morgan fingerprint density at radius 2 is 1.75 bits per heavy atom. The van der Waals surface area contributed by atoms with Crippen molar-refractivity contribution in [3.8, 4) is 0 Å². The van der Waals surface area contributed by atoms with Crippen LogP contribution >= 0.6 is 0 Å². The molecule has 2 aromatic rings. The van der Waals surface area contributed by atoms with Crippen molar-refractivity contribution < 1.29 is 17.3 Å². The van der Waals surface area contributed by atoms with Crippen LogP contribution in [0.4, 0.5) is 10.5 Å². The highest BCUT2D eigenvalue weighted by Crippen LogP contribution is 2.28. The van der Waals surface area contributed by atoms with Gasteiger partial charge in [-0.2, -0.15) is 0 Å². The minimum Gasteiger partial charge on any atom is -0.410 e. The smallest absolute Gasteiger partial charge is 0.320 e. The van der Waals surface area contributed by atoms with E-state index in [0.717, 1.165) is 11.3 Å². The first-order valence-corrected chi connectivity index (χ1v) is 11.1. The van der Waals surface area contributed by atoms with Gasteiger partial charge in [0.2, 0.25) is 0 Å². The number of allylic oxidation sites excluding steroid dienone is 1. The lowest BCUT2D eigenvalue weighted by atomic mass is 9.94. The second-order valence-electron chi connectivity index (χ2n) is 7.62. The number of benzene rings is 1. The van der Waals surface area contributed by atoms with Gasteiger partial charge >= 0.3 is 6.03 Å². The van der Waals surface area contributed by atoms with Crippen LogP contribution in [0, 0.1) is 5.41 Å². The molecule has 0 saturated heterocycles. The van der Waals surface area contributed by atoms with Gasteiger partial charge in [0.15, 0.2) is 5.78 Å². The Balaban J connectivity index is 0. The first-order chi connectivity index (χ1) is 15.3. The molecule has 32 heavy (non-hydrogen) atoms. The normalized spacial score (nSPS) is 14.5. The molecule has 0 bridgehead atoms. The van der Waals surface area contributed by atoms with Gasteiger partial charge in [-0.1, -0.05) is 60.6 Å². The quantitative estimate of drug-likeness (QED) is 0.495. The topological polar surface area (TPSA) is 92.4 Å². The zero-order chi connectivity index (χ0) is 24.1. The first kappa shape index (κ1) is 26.8. The van der Waals surface area contributed by atoms with E-state index >= 15 is 0 Å². The van der Waals surface area contributed by atoms with Crippen LogP contribution in [-0.2, 0) is 11.3 Å². The van der Waals surface area contributed by atoms with Crippen LogP contribution in [0.15, 0.2) is 60.6 Å². The third-order valence-electron chi connectivity index (χ3n) is 4.20. The molecule has 2 heterocycles. The number of hydroxylamine groups is 1. The zero-order valence-electron chi connectivity index (χ0n) is 20.2. The standard InChI is InChI=1S/C21H24N4O3.2C2H6.2H2/c1-21(2,3)18-12-19(25-28-18)24-20(27)23-16-8-6-14(7-9-16)11-17(26)15-5-4-10-22-13-15;2*1-2;;/h4-10,12-13,19,25H,11H2,1-3H3,(H2,23,24,27);2*1-2H3;2*1H. The number of rotatable bonds is 5. The van der Waals surface area contributed by atoms with Crippen LogP contribution in [0.5, 0.6) is 0 Å². The third kappa shape index (κ3) is 8.51. The van der Waals surface area contributed by atoms with E-state index in [4.69, 9.17) is 4.84 Å². The van der Waals surface area contributed by atoms with Gasteiger partial charge in [-0.05, 0) is 35.9 Å². The molecule has 1 aromatic heterocycles. The number of aromatic nitrogens is 1. The molecule has 0 fully saturated rings. The molecule has 7 nitrogen and oxygen atoms in total. The number of anilines is 1. The number of ketones is 1. The zero-order valence-corrected chi connectivity index (χ0v) is 20.2. The summed E-state index contributed by atoms with van der Waals surface area (Å²) in [6.45, 7) is 14.1. The lowest BCUT2D eigenvalue weighted by Crippen LogP contribution is -2.43. The molecular weight excluding hydrogens is 404 g/mol. The van der Waals surface area contributed by atoms with Crippen molar-refractivity contribution in [1.82, 2.24) is 15.8 Å². The predicted octanol–water partition coefficient (Wildman–Crippen LogP) is 5.96. The number of nitrogens with one attached hydrogen (secondary N) is 3. The number of amides is 2. The molecule has 2 amide bonds. The summed E-state index contributed by atoms with van der Waals surface area (Å²) in [4.78, 5) is 33.8. The monoisotopic (exact) mass is 444 g/mol. The number of carbonyl (C=O) groups is 2. The average molecular weight is 445 g/mol. The van der Waals surface area contributed by atoms with Gasteiger partial charge < -0.3 is 15.5 Å². The number of Topliss-reactive ketones (excluding diaryl/α,β-unsaturated/α-hetero) is 1. The Morgan fingerprint density at radius 1 is 1.09 bits per heavy atom. The largest absolute Gasteiger partial charge is 0.410 e. The molecule has 0 radical (unpaired) electrons. The lowest BCUT2D eigenvalue weighted by molar-refractivity contribution is 0.0755. The van der Waals surface area contributed by atoms with Crippen LogP contribution in [-0.4, -0.2) is 23.0 Å². The fraction of sp³-hybridized carbons (Fsp3) is 0.400. The van der Waals surface area contributed by atoms with Gasteiger partial charge in [-0.15, -0.1) is 5.48 Å². The van der Waals surface area contributed by atoms with E-state index in [9.17, 15) is 9.59 Å². The van der Waals surface area contributed by atoms with Crippen molar-refractivity contribution in [3.05, 3.63) is 71.8 Å². The summed E-state index contributed by atoms with van der Waals surface area (Å²) in [6, 6.07) is 10.3. The lowest BCUT2D eigenvalue weighted by Gasteiger charge is -2.17. The average Bonchev–Trinajstić information content (AvgIpc) is 3.27. The SMILES string of the molecule is CC.CC.CC(C)(C)C1=CC(NC(=O)Nc2ccc(CC(=O)c3cccnc3)cc2)NO1.[HH].[HH]. The van der Waals surface area contributed by atoms with Crippen LogP contribution in [0.2, 0.25) is 0 Å². The highest BCUT2D eigenvalue weighted by Gasteiger charge is 2.27. The summed E-state index contributed by atoms with van der Waals surface area (Å²) in [5.41, 5.74) is 4.71. The Bertz CT molecular complexity index is 883. The summed E-state index contributed by atoms with van der Waals surface area (Å²) in [5.74, 6) is 0.778. The maximum absolute atomic E-state index is 12.2. The predicted molar refractivity (Wildman–Crippen MR) is 133 cm³/mol. The van der Waals surface area contributed by atoms with Crippen molar-refractivity contribution in [3.63, 3.8) is 0 Å². The fourth-order valence-corrected chi connectivity index (χ4v) is 2.65. The van der Waals surface area contributed by atoms with Crippen molar-refractivity contribution >= 4 is 17.5 Å². The van der Waals surface area contributed by atoms with Gasteiger partial charge in [-0.3, -0.25) is 9.78 Å². The van der Waals surface area contributed by atoms with Gasteiger partial charge in [0.05, 0.1) is 0 Å². The van der Waals surface area contributed by atoms with Crippen molar-refractivity contribution in [2.24, 2.45) is 5.41 Å². The van der Waals surface area contributed by atoms with E-state index in [-0.39, 0.29) is 26.5 Å². The highest BCUT2D eigenvalue weighted by molar-refractivity contribution is 5.97. The molecule has 0 spiro atoms. The van der Waals surface area contributed by atoms with Gasteiger partial charge in [0, 0.05) is 38.3 Å². The molecule has 3 rings (SSSR count). The summed E-state index contributed by atoms with van der Waals surface area (Å²) >= 11 is 0. The van der Waals surface area contributed by atoms with E-state index in [1.165, 1.54) is 0 Å². The Labute approximate surface area is 194 Å². The summed E-state index contributed by atoms with van der Waals surface area (Å²) < 4.78 is 0. The molecule has 3 N–H and O–H groups in total. The third-order valence-corrected chi connectivity index (χ3v) is 4.20. The number of pyridine rings is 1. The maximum Gasteiger partial charge on any atom is 0.320 e. The second-order valence-corrected chi connectivity index (χ2v) is 7.62. The van der Waals surface area contributed by atoms with Crippen LogP contribution in [0.3, 0.4) is 0 Å². The number of nitrogens with zero attached hydrogens (tertiary/aromatic N) is 1. The molecule has 1 aliphatic rings. The molecule has 0 aliphatic carbocycles. The molecule has 1 atom stereocenters. The molecule has 1 aromatic carbocycles. The molecular formula is C25H40N4O3. The molecule has 1 aliphatic heterocycles. The minimum absolute atomic E-state index is 0. The number of hydrogen-bond acceptors (Lipinski definition) is 5. The molecule has 7 heteroatoms. The Hall–Kier alpha value is -3.19. The van der Waals surface area contributed by atoms with Crippen molar-refractivity contribution in [2.75, 3.05) is 5.32 Å². The van der Waals surface area contributed by atoms with Crippen molar-refractivity contribution in [1.29, 1.82) is 0 Å². The second kappa shape index (κ2) is 13.3. The van der Waals surface area contributed by atoms with Crippen LogP contribution in [0.25, 0.3) is 0 Å². The summed E-state index contributed by atoms with van der Waals surface area (Å²) in [5, 5.41) is 5.54.